The first kappa shape index (κ1) is 9.22. The molecule has 2 saturated heterocycles. The third-order valence-electron chi connectivity index (χ3n) is 3.78. The molecule has 2 nitrogen and oxygen atoms in total. The minimum Gasteiger partial charge on any atom is -0.367 e. The van der Waals surface area contributed by atoms with Crippen molar-refractivity contribution in [3.8, 4) is 0 Å². The zero-order valence-electron chi connectivity index (χ0n) is 9.24. The minimum absolute atomic E-state index is 0.742. The molecule has 1 aromatic carbocycles. The number of nitrogens with one attached hydrogen (secondary N) is 1. The summed E-state index contributed by atoms with van der Waals surface area (Å²) in [5.74, 6) is 0.880. The molecular formula is C13H18N2. The number of aryl methyl sites for hydroxylation is 1. The van der Waals surface area contributed by atoms with Crippen molar-refractivity contribution in [3.05, 3.63) is 29.8 Å². The quantitative estimate of drug-likeness (QED) is 0.747. The van der Waals surface area contributed by atoms with Crippen molar-refractivity contribution in [2.24, 2.45) is 5.92 Å². The summed E-state index contributed by atoms with van der Waals surface area (Å²) in [5.41, 5.74) is 2.77. The number of anilines is 1. The van der Waals surface area contributed by atoms with Crippen LogP contribution in [0.4, 0.5) is 5.69 Å². The highest BCUT2D eigenvalue weighted by molar-refractivity contribution is 5.51. The van der Waals surface area contributed by atoms with E-state index in [0.717, 1.165) is 12.0 Å². The van der Waals surface area contributed by atoms with E-state index >= 15 is 0 Å². The van der Waals surface area contributed by atoms with Gasteiger partial charge in [-0.1, -0.05) is 12.1 Å². The Balaban J connectivity index is 1.88. The van der Waals surface area contributed by atoms with E-state index in [9.17, 15) is 0 Å². The largest absolute Gasteiger partial charge is 0.367 e. The van der Waals surface area contributed by atoms with Crippen molar-refractivity contribution in [2.75, 3.05) is 24.5 Å². The van der Waals surface area contributed by atoms with Gasteiger partial charge in [-0.3, -0.25) is 0 Å². The van der Waals surface area contributed by atoms with Crippen LogP contribution in [0.2, 0.25) is 0 Å². The second-order valence-electron chi connectivity index (χ2n) is 4.81. The van der Waals surface area contributed by atoms with E-state index in [2.05, 4.69) is 41.4 Å². The van der Waals surface area contributed by atoms with Gasteiger partial charge in [0.15, 0.2) is 0 Å². The molecule has 2 atom stereocenters. The zero-order chi connectivity index (χ0) is 10.3. The van der Waals surface area contributed by atoms with Crippen molar-refractivity contribution in [2.45, 2.75) is 19.4 Å². The van der Waals surface area contributed by atoms with Crippen LogP contribution in [-0.2, 0) is 0 Å². The molecule has 80 valence electrons. The van der Waals surface area contributed by atoms with Crippen LogP contribution in [0.1, 0.15) is 12.0 Å². The summed E-state index contributed by atoms with van der Waals surface area (Å²) < 4.78 is 0. The molecule has 2 aliphatic rings. The van der Waals surface area contributed by atoms with E-state index in [4.69, 9.17) is 0 Å². The monoisotopic (exact) mass is 202 g/mol. The smallest absolute Gasteiger partial charge is 0.0455 e. The fourth-order valence-corrected chi connectivity index (χ4v) is 2.98. The van der Waals surface area contributed by atoms with Gasteiger partial charge in [-0.05, 0) is 37.0 Å². The van der Waals surface area contributed by atoms with Crippen LogP contribution in [0.15, 0.2) is 24.3 Å². The van der Waals surface area contributed by atoms with Crippen molar-refractivity contribution < 1.29 is 0 Å². The highest BCUT2D eigenvalue weighted by atomic mass is 15.2. The first-order valence-corrected chi connectivity index (χ1v) is 5.88. The molecule has 15 heavy (non-hydrogen) atoms. The van der Waals surface area contributed by atoms with Crippen LogP contribution in [0.25, 0.3) is 0 Å². The first-order chi connectivity index (χ1) is 7.34. The Hall–Kier alpha value is -1.02. The molecule has 2 heteroatoms. The summed E-state index contributed by atoms with van der Waals surface area (Å²) in [5, 5.41) is 3.50. The highest BCUT2D eigenvalue weighted by Gasteiger charge is 2.37. The van der Waals surface area contributed by atoms with E-state index < -0.39 is 0 Å². The molecule has 1 N–H and O–H groups in total. The van der Waals surface area contributed by atoms with Gasteiger partial charge in [-0.2, -0.15) is 0 Å². The predicted molar refractivity (Wildman–Crippen MR) is 63.3 cm³/mol. The molecule has 2 heterocycles. The van der Waals surface area contributed by atoms with E-state index in [-0.39, 0.29) is 0 Å². The van der Waals surface area contributed by atoms with Crippen LogP contribution < -0.4 is 10.2 Å². The number of hydrogen-bond donors (Lipinski definition) is 1. The Morgan fingerprint density at radius 2 is 2.27 bits per heavy atom. The zero-order valence-corrected chi connectivity index (χ0v) is 9.24. The van der Waals surface area contributed by atoms with Crippen LogP contribution in [-0.4, -0.2) is 25.7 Å². The number of nitrogens with zero attached hydrogens (tertiary/aromatic N) is 1. The van der Waals surface area contributed by atoms with Gasteiger partial charge >= 0.3 is 0 Å². The van der Waals surface area contributed by atoms with Crippen LogP contribution in [0.5, 0.6) is 0 Å². The van der Waals surface area contributed by atoms with Gasteiger partial charge in [0.25, 0.3) is 0 Å². The van der Waals surface area contributed by atoms with Crippen molar-refractivity contribution in [1.82, 2.24) is 5.32 Å². The Kier molecular flexibility index (Phi) is 2.17. The molecule has 2 unspecified atom stereocenters. The lowest BCUT2D eigenvalue weighted by Gasteiger charge is -2.25. The van der Waals surface area contributed by atoms with Gasteiger partial charge in [-0.15, -0.1) is 0 Å². The first-order valence-electron chi connectivity index (χ1n) is 5.88. The highest BCUT2D eigenvalue weighted by Crippen LogP contribution is 2.31. The fraction of sp³-hybridized carbons (Fsp3) is 0.538. The number of benzene rings is 1. The summed E-state index contributed by atoms with van der Waals surface area (Å²) in [6, 6.07) is 9.63. The van der Waals surface area contributed by atoms with E-state index in [1.165, 1.54) is 37.3 Å². The summed E-state index contributed by atoms with van der Waals surface area (Å²) in [6.45, 7) is 5.79. The second kappa shape index (κ2) is 3.53. The molecule has 0 amide bonds. The SMILES string of the molecule is Cc1cccc(N2CCC3CNCC32)c1. The average Bonchev–Trinajstić information content (AvgIpc) is 2.77. The molecule has 1 aromatic rings. The molecule has 0 bridgehead atoms. The van der Waals surface area contributed by atoms with Crippen molar-refractivity contribution in [3.63, 3.8) is 0 Å². The topological polar surface area (TPSA) is 15.3 Å². The standard InChI is InChI=1S/C13H18N2/c1-10-3-2-4-12(7-10)15-6-5-11-8-14-9-13(11)15/h2-4,7,11,13-14H,5-6,8-9H2,1H3. The van der Waals surface area contributed by atoms with Gasteiger partial charge in [-0.25, -0.2) is 0 Å². The lowest BCUT2D eigenvalue weighted by Crippen LogP contribution is -2.34. The molecule has 0 spiro atoms. The third kappa shape index (κ3) is 1.53. The lowest BCUT2D eigenvalue weighted by atomic mass is 10.0. The summed E-state index contributed by atoms with van der Waals surface area (Å²) in [7, 11) is 0. The Bertz CT molecular complexity index is 361. The van der Waals surface area contributed by atoms with Crippen LogP contribution >= 0.6 is 0 Å². The molecule has 0 saturated carbocycles. The molecule has 0 aliphatic carbocycles. The maximum Gasteiger partial charge on any atom is 0.0455 e. The van der Waals surface area contributed by atoms with Crippen LogP contribution in [0, 0.1) is 12.8 Å². The normalized spacial score (nSPS) is 29.5. The summed E-state index contributed by atoms with van der Waals surface area (Å²) in [6.07, 6.45) is 1.35. The van der Waals surface area contributed by atoms with Crippen LogP contribution in [0.3, 0.4) is 0 Å². The molecule has 2 aliphatic heterocycles. The number of hydrogen-bond acceptors (Lipinski definition) is 2. The molecule has 2 fully saturated rings. The van der Waals surface area contributed by atoms with Gasteiger partial charge in [0.1, 0.15) is 0 Å². The number of rotatable bonds is 1. The van der Waals surface area contributed by atoms with E-state index in [1.807, 2.05) is 0 Å². The molecular weight excluding hydrogens is 184 g/mol. The Labute approximate surface area is 91.3 Å². The van der Waals surface area contributed by atoms with Gasteiger partial charge in [0.2, 0.25) is 0 Å². The molecule has 3 rings (SSSR count). The maximum absolute atomic E-state index is 3.50. The molecule has 0 radical (unpaired) electrons. The summed E-state index contributed by atoms with van der Waals surface area (Å²) >= 11 is 0. The number of fused-ring (bicyclic) bond motifs is 1. The van der Waals surface area contributed by atoms with E-state index in [0.29, 0.717) is 0 Å². The lowest BCUT2D eigenvalue weighted by molar-refractivity contribution is 0.578. The van der Waals surface area contributed by atoms with Gasteiger partial charge in [0, 0.05) is 31.4 Å². The third-order valence-corrected chi connectivity index (χ3v) is 3.78. The van der Waals surface area contributed by atoms with Gasteiger partial charge in [0.05, 0.1) is 0 Å². The Morgan fingerprint density at radius 3 is 3.13 bits per heavy atom. The summed E-state index contributed by atoms with van der Waals surface area (Å²) in [4.78, 5) is 2.58. The fourth-order valence-electron chi connectivity index (χ4n) is 2.98. The molecule has 0 aromatic heterocycles. The van der Waals surface area contributed by atoms with E-state index in [1.54, 1.807) is 0 Å². The Morgan fingerprint density at radius 1 is 1.33 bits per heavy atom. The van der Waals surface area contributed by atoms with Gasteiger partial charge < -0.3 is 10.2 Å². The minimum atomic E-state index is 0.742. The van der Waals surface area contributed by atoms with Crippen molar-refractivity contribution >= 4 is 5.69 Å². The van der Waals surface area contributed by atoms with Crippen molar-refractivity contribution in [1.29, 1.82) is 0 Å². The predicted octanol–water partition coefficient (Wildman–Crippen LogP) is 1.79. The maximum atomic E-state index is 3.50. The average molecular weight is 202 g/mol. The second-order valence-corrected chi connectivity index (χ2v) is 4.81.